The van der Waals surface area contributed by atoms with E-state index in [1.807, 2.05) is 30.1 Å². The second-order valence-corrected chi connectivity index (χ2v) is 4.99. The molecule has 0 aliphatic heterocycles. The van der Waals surface area contributed by atoms with Crippen molar-refractivity contribution in [3.8, 4) is 0 Å². The molecule has 5 nitrogen and oxygen atoms in total. The first-order valence-corrected chi connectivity index (χ1v) is 7.17. The highest BCUT2D eigenvalue weighted by molar-refractivity contribution is 9.08. The maximum absolute atomic E-state index is 11.2. The van der Waals surface area contributed by atoms with Crippen molar-refractivity contribution < 1.29 is 4.92 Å². The highest BCUT2D eigenvalue weighted by atomic mass is 79.9. The summed E-state index contributed by atoms with van der Waals surface area (Å²) < 4.78 is 0. The van der Waals surface area contributed by atoms with Crippen molar-refractivity contribution in [2.24, 2.45) is 0 Å². The molecule has 0 aliphatic carbocycles. The average molecular weight is 336 g/mol. The molecule has 20 heavy (non-hydrogen) atoms. The number of hydrogen-bond donors (Lipinski definition) is 0. The van der Waals surface area contributed by atoms with Gasteiger partial charge in [-0.05, 0) is 23.3 Å². The van der Waals surface area contributed by atoms with Crippen LogP contribution in [-0.2, 0) is 11.9 Å². The summed E-state index contributed by atoms with van der Waals surface area (Å²) in [6, 6.07) is 9.07. The summed E-state index contributed by atoms with van der Waals surface area (Å²) in [6.07, 6.45) is 3.46. The van der Waals surface area contributed by atoms with Crippen LogP contribution in [0.15, 0.2) is 42.7 Å². The molecule has 2 aromatic rings. The molecule has 0 aliphatic rings. The van der Waals surface area contributed by atoms with E-state index in [0.717, 1.165) is 11.1 Å². The summed E-state index contributed by atoms with van der Waals surface area (Å²) >= 11 is 3.31. The van der Waals surface area contributed by atoms with Crippen molar-refractivity contribution in [2.45, 2.75) is 11.9 Å². The number of aromatic nitrogens is 1. The van der Waals surface area contributed by atoms with Crippen molar-refractivity contribution in [3.05, 3.63) is 64.0 Å². The lowest BCUT2D eigenvalue weighted by Gasteiger charge is -2.19. The molecule has 1 aromatic carbocycles. The van der Waals surface area contributed by atoms with Crippen LogP contribution in [0, 0.1) is 10.1 Å². The first kappa shape index (κ1) is 14.5. The molecule has 1 aromatic heterocycles. The van der Waals surface area contributed by atoms with Crippen LogP contribution in [0.1, 0.15) is 11.1 Å². The van der Waals surface area contributed by atoms with Gasteiger partial charge in [0.2, 0.25) is 0 Å². The quantitative estimate of drug-likeness (QED) is 0.476. The Labute approximate surface area is 125 Å². The first-order chi connectivity index (χ1) is 9.61. The number of hydrogen-bond acceptors (Lipinski definition) is 4. The molecule has 0 saturated heterocycles. The molecule has 2 rings (SSSR count). The second kappa shape index (κ2) is 6.47. The van der Waals surface area contributed by atoms with E-state index in [1.165, 1.54) is 0 Å². The van der Waals surface area contributed by atoms with Gasteiger partial charge in [-0.1, -0.05) is 28.1 Å². The molecule has 6 heteroatoms. The van der Waals surface area contributed by atoms with Crippen molar-refractivity contribution in [1.29, 1.82) is 0 Å². The molecule has 0 radical (unpaired) electrons. The minimum atomic E-state index is -0.346. The molecular formula is C14H14BrN3O2. The third kappa shape index (κ3) is 3.33. The van der Waals surface area contributed by atoms with E-state index in [1.54, 1.807) is 24.5 Å². The van der Waals surface area contributed by atoms with Gasteiger partial charge in [-0.3, -0.25) is 15.1 Å². The zero-order chi connectivity index (χ0) is 14.5. The van der Waals surface area contributed by atoms with Crippen LogP contribution in [0.2, 0.25) is 0 Å². The van der Waals surface area contributed by atoms with Crippen molar-refractivity contribution in [3.63, 3.8) is 0 Å². The van der Waals surface area contributed by atoms with Crippen LogP contribution in [-0.4, -0.2) is 17.0 Å². The van der Waals surface area contributed by atoms with Gasteiger partial charge in [-0.25, -0.2) is 0 Å². The van der Waals surface area contributed by atoms with E-state index >= 15 is 0 Å². The summed E-state index contributed by atoms with van der Waals surface area (Å²) in [7, 11) is 1.84. The number of nitro groups is 1. The van der Waals surface area contributed by atoms with Crippen molar-refractivity contribution in [2.75, 3.05) is 11.9 Å². The van der Waals surface area contributed by atoms with E-state index in [9.17, 15) is 10.1 Å². The Kier molecular flexibility index (Phi) is 4.68. The lowest BCUT2D eigenvalue weighted by atomic mass is 10.1. The number of rotatable bonds is 5. The van der Waals surface area contributed by atoms with Gasteiger partial charge in [0.05, 0.1) is 4.92 Å². The molecule has 0 amide bonds. The van der Waals surface area contributed by atoms with Gasteiger partial charge in [0.25, 0.3) is 5.69 Å². The topological polar surface area (TPSA) is 59.3 Å². The Morgan fingerprint density at radius 1 is 1.35 bits per heavy atom. The first-order valence-electron chi connectivity index (χ1n) is 6.05. The molecule has 0 fully saturated rings. The van der Waals surface area contributed by atoms with Gasteiger partial charge in [-0.2, -0.15) is 0 Å². The van der Waals surface area contributed by atoms with Crippen LogP contribution < -0.4 is 4.90 Å². The van der Waals surface area contributed by atoms with Gasteiger partial charge < -0.3 is 4.90 Å². The standard InChI is InChI=1S/C14H14BrN3O2/c1-17(10-12-3-2-6-16-9-12)13-5-4-11(8-15)7-14(13)18(19)20/h2-7,9H,8,10H2,1H3. The summed E-state index contributed by atoms with van der Waals surface area (Å²) in [4.78, 5) is 16.8. The lowest BCUT2D eigenvalue weighted by molar-refractivity contribution is -0.384. The number of nitro benzene ring substituents is 1. The third-order valence-electron chi connectivity index (χ3n) is 2.94. The molecule has 0 atom stereocenters. The molecule has 0 saturated carbocycles. The van der Waals surface area contributed by atoms with Gasteiger partial charge in [0, 0.05) is 37.4 Å². The van der Waals surface area contributed by atoms with Gasteiger partial charge in [-0.15, -0.1) is 0 Å². The normalized spacial score (nSPS) is 10.3. The van der Waals surface area contributed by atoms with Crippen LogP contribution in [0.4, 0.5) is 11.4 Å². The summed E-state index contributed by atoms with van der Waals surface area (Å²) in [5.74, 6) is 0. The average Bonchev–Trinajstić information content (AvgIpc) is 2.47. The number of nitrogens with zero attached hydrogens (tertiary/aromatic N) is 3. The molecule has 0 N–H and O–H groups in total. The minimum absolute atomic E-state index is 0.119. The third-order valence-corrected chi connectivity index (χ3v) is 3.59. The van der Waals surface area contributed by atoms with E-state index in [-0.39, 0.29) is 10.6 Å². The van der Waals surface area contributed by atoms with E-state index in [4.69, 9.17) is 0 Å². The largest absolute Gasteiger partial charge is 0.365 e. The summed E-state index contributed by atoms with van der Waals surface area (Å²) in [5.41, 5.74) is 2.61. The van der Waals surface area contributed by atoms with E-state index in [2.05, 4.69) is 20.9 Å². The highest BCUT2D eigenvalue weighted by Crippen LogP contribution is 2.30. The van der Waals surface area contributed by atoms with Crippen LogP contribution in [0.3, 0.4) is 0 Å². The Bertz CT molecular complexity index is 605. The Morgan fingerprint density at radius 2 is 2.15 bits per heavy atom. The van der Waals surface area contributed by atoms with Crippen molar-refractivity contribution in [1.82, 2.24) is 4.98 Å². The lowest BCUT2D eigenvalue weighted by Crippen LogP contribution is -2.17. The van der Waals surface area contributed by atoms with Gasteiger partial charge in [0.1, 0.15) is 5.69 Å². The minimum Gasteiger partial charge on any atom is -0.365 e. The molecule has 0 bridgehead atoms. The summed E-state index contributed by atoms with van der Waals surface area (Å²) in [5, 5.41) is 11.8. The van der Waals surface area contributed by atoms with Gasteiger partial charge >= 0.3 is 0 Å². The van der Waals surface area contributed by atoms with E-state index < -0.39 is 0 Å². The number of pyridine rings is 1. The molecule has 1 heterocycles. The number of alkyl halides is 1. The fourth-order valence-corrected chi connectivity index (χ4v) is 2.32. The molecule has 0 unspecified atom stereocenters. The van der Waals surface area contributed by atoms with Crippen LogP contribution >= 0.6 is 15.9 Å². The Hall–Kier alpha value is -1.95. The fraction of sp³-hybridized carbons (Fsp3) is 0.214. The number of anilines is 1. The van der Waals surface area contributed by atoms with Crippen LogP contribution in [0.25, 0.3) is 0 Å². The van der Waals surface area contributed by atoms with Crippen molar-refractivity contribution >= 4 is 27.3 Å². The fourth-order valence-electron chi connectivity index (χ4n) is 1.97. The summed E-state index contributed by atoms with van der Waals surface area (Å²) in [6.45, 7) is 0.572. The van der Waals surface area contributed by atoms with Crippen LogP contribution in [0.5, 0.6) is 0 Å². The maximum Gasteiger partial charge on any atom is 0.292 e. The van der Waals surface area contributed by atoms with Gasteiger partial charge in [0.15, 0.2) is 0 Å². The van der Waals surface area contributed by atoms with E-state index in [0.29, 0.717) is 17.6 Å². The maximum atomic E-state index is 11.2. The predicted octanol–water partition coefficient (Wildman–Crippen LogP) is 3.52. The number of halogens is 1. The zero-order valence-electron chi connectivity index (χ0n) is 11.0. The highest BCUT2D eigenvalue weighted by Gasteiger charge is 2.17. The smallest absolute Gasteiger partial charge is 0.292 e. The monoisotopic (exact) mass is 335 g/mol. The number of benzene rings is 1. The molecule has 104 valence electrons. The Balaban J connectivity index is 2.29. The zero-order valence-corrected chi connectivity index (χ0v) is 12.6. The Morgan fingerprint density at radius 3 is 2.75 bits per heavy atom. The second-order valence-electron chi connectivity index (χ2n) is 4.43. The molecular weight excluding hydrogens is 322 g/mol. The SMILES string of the molecule is CN(Cc1cccnc1)c1ccc(CBr)cc1[N+](=O)[O-]. The molecule has 0 spiro atoms. The predicted molar refractivity (Wildman–Crippen MR) is 82.1 cm³/mol.